The number of nitrogens with one attached hydrogen (secondary N) is 2. The van der Waals surface area contributed by atoms with E-state index in [4.69, 9.17) is 0 Å². The molecule has 2 aromatic rings. The zero-order valence-corrected chi connectivity index (χ0v) is 9.90. The molecule has 1 aromatic carbocycles. The van der Waals surface area contributed by atoms with Crippen LogP contribution in [0.3, 0.4) is 0 Å². The molecule has 2 heterocycles. The van der Waals surface area contributed by atoms with Crippen molar-refractivity contribution in [3.8, 4) is 0 Å². The van der Waals surface area contributed by atoms with Gasteiger partial charge < -0.3 is 10.6 Å². The summed E-state index contributed by atoms with van der Waals surface area (Å²) in [6, 6.07) is 6.68. The van der Waals surface area contributed by atoms with Gasteiger partial charge in [0.15, 0.2) is 0 Å². The maximum atomic E-state index is 4.13. The lowest BCUT2D eigenvalue weighted by molar-refractivity contribution is 0.764. The average molecular weight is 228 g/mol. The normalized spacial score (nSPS) is 13.7. The van der Waals surface area contributed by atoms with Crippen molar-refractivity contribution in [2.24, 2.45) is 7.05 Å². The fraction of sp³-hybridized carbons (Fsp3) is 0.308. The van der Waals surface area contributed by atoms with Gasteiger partial charge in [-0.2, -0.15) is 5.10 Å². The van der Waals surface area contributed by atoms with E-state index in [0.29, 0.717) is 0 Å². The summed E-state index contributed by atoms with van der Waals surface area (Å²) in [5.41, 5.74) is 5.23. The van der Waals surface area contributed by atoms with E-state index in [1.54, 1.807) is 4.68 Å². The Morgan fingerprint density at radius 2 is 2.24 bits per heavy atom. The molecule has 17 heavy (non-hydrogen) atoms. The summed E-state index contributed by atoms with van der Waals surface area (Å²) in [5, 5.41) is 10.9. The first kappa shape index (κ1) is 10.4. The van der Waals surface area contributed by atoms with E-state index in [1.165, 1.54) is 16.7 Å². The van der Waals surface area contributed by atoms with Gasteiger partial charge in [-0.1, -0.05) is 18.2 Å². The molecule has 0 bridgehead atoms. The van der Waals surface area contributed by atoms with Crippen molar-refractivity contribution >= 4 is 5.69 Å². The Bertz CT molecular complexity index is 530. The third-order valence-electron chi connectivity index (χ3n) is 3.10. The van der Waals surface area contributed by atoms with Gasteiger partial charge in [-0.05, 0) is 16.7 Å². The summed E-state index contributed by atoms with van der Waals surface area (Å²) in [5.74, 6) is 0. The smallest absolute Gasteiger partial charge is 0.0729 e. The zero-order valence-electron chi connectivity index (χ0n) is 9.90. The summed E-state index contributed by atoms with van der Waals surface area (Å²) in [6.45, 7) is 2.85. The van der Waals surface area contributed by atoms with E-state index >= 15 is 0 Å². The van der Waals surface area contributed by atoms with Crippen LogP contribution in [-0.4, -0.2) is 9.78 Å². The number of benzene rings is 1. The summed E-state index contributed by atoms with van der Waals surface area (Å²) >= 11 is 0. The van der Waals surface area contributed by atoms with Crippen molar-refractivity contribution in [1.29, 1.82) is 0 Å². The van der Waals surface area contributed by atoms with Crippen molar-refractivity contribution < 1.29 is 0 Å². The van der Waals surface area contributed by atoms with Gasteiger partial charge in [0.05, 0.1) is 11.9 Å². The van der Waals surface area contributed by atoms with Gasteiger partial charge in [0.25, 0.3) is 0 Å². The molecule has 0 fully saturated rings. The first-order chi connectivity index (χ1) is 8.31. The van der Waals surface area contributed by atoms with Crippen LogP contribution >= 0.6 is 0 Å². The minimum atomic E-state index is 0.846. The molecule has 0 atom stereocenters. The third kappa shape index (κ3) is 2.17. The van der Waals surface area contributed by atoms with Crippen LogP contribution in [0.25, 0.3) is 0 Å². The molecule has 0 saturated carbocycles. The minimum absolute atomic E-state index is 0.846. The van der Waals surface area contributed by atoms with Gasteiger partial charge in [0.2, 0.25) is 0 Å². The first-order valence-electron chi connectivity index (χ1n) is 5.85. The number of rotatable bonds is 3. The fourth-order valence-corrected chi connectivity index (χ4v) is 2.17. The van der Waals surface area contributed by atoms with Gasteiger partial charge >= 0.3 is 0 Å². The number of fused-ring (bicyclic) bond motifs is 1. The highest BCUT2D eigenvalue weighted by Gasteiger charge is 2.09. The second-order valence-electron chi connectivity index (χ2n) is 4.46. The van der Waals surface area contributed by atoms with Crippen molar-refractivity contribution in [2.75, 3.05) is 5.32 Å². The van der Waals surface area contributed by atoms with Crippen LogP contribution < -0.4 is 10.6 Å². The van der Waals surface area contributed by atoms with Gasteiger partial charge in [-0.3, -0.25) is 4.68 Å². The lowest BCUT2D eigenvalue weighted by Gasteiger charge is -2.05. The molecule has 4 heteroatoms. The molecule has 3 rings (SSSR count). The summed E-state index contributed by atoms with van der Waals surface area (Å²) in [4.78, 5) is 0. The molecule has 4 nitrogen and oxygen atoms in total. The summed E-state index contributed by atoms with van der Waals surface area (Å²) < 4.78 is 1.80. The number of aryl methyl sites for hydroxylation is 1. The van der Waals surface area contributed by atoms with E-state index in [9.17, 15) is 0 Å². The van der Waals surface area contributed by atoms with E-state index < -0.39 is 0 Å². The quantitative estimate of drug-likeness (QED) is 0.839. The van der Waals surface area contributed by atoms with Gasteiger partial charge in [-0.15, -0.1) is 0 Å². The average Bonchev–Trinajstić information content (AvgIpc) is 2.94. The Balaban J connectivity index is 1.69. The molecule has 1 aliphatic heterocycles. The Labute approximate surface area is 101 Å². The predicted octanol–water partition coefficient (Wildman–Crippen LogP) is 1.64. The highest BCUT2D eigenvalue weighted by Crippen LogP contribution is 2.17. The highest BCUT2D eigenvalue weighted by molar-refractivity contribution is 5.41. The van der Waals surface area contributed by atoms with Crippen molar-refractivity contribution in [1.82, 2.24) is 15.1 Å². The molecule has 1 aliphatic rings. The summed E-state index contributed by atoms with van der Waals surface area (Å²) in [6.07, 6.45) is 3.82. The van der Waals surface area contributed by atoms with Gasteiger partial charge in [-0.25, -0.2) is 0 Å². The SMILES string of the molecule is Cn1cc(NCc2ccc3c(c2)CNC3)cn1. The zero-order chi connectivity index (χ0) is 11.7. The van der Waals surface area contributed by atoms with Gasteiger partial charge in [0.1, 0.15) is 0 Å². The van der Waals surface area contributed by atoms with Crippen molar-refractivity contribution in [3.63, 3.8) is 0 Å². The van der Waals surface area contributed by atoms with Crippen LogP contribution in [0, 0.1) is 0 Å². The van der Waals surface area contributed by atoms with E-state index in [2.05, 4.69) is 33.9 Å². The second kappa shape index (κ2) is 4.22. The van der Waals surface area contributed by atoms with Crippen LogP contribution in [0.15, 0.2) is 30.6 Å². The van der Waals surface area contributed by atoms with Crippen molar-refractivity contribution in [2.45, 2.75) is 19.6 Å². The van der Waals surface area contributed by atoms with E-state index in [-0.39, 0.29) is 0 Å². The number of nitrogens with zero attached hydrogens (tertiary/aromatic N) is 2. The third-order valence-corrected chi connectivity index (χ3v) is 3.10. The molecule has 0 aliphatic carbocycles. The molecule has 0 spiro atoms. The van der Waals surface area contributed by atoms with Crippen LogP contribution in [-0.2, 0) is 26.7 Å². The number of hydrogen-bond acceptors (Lipinski definition) is 3. The summed E-state index contributed by atoms with van der Waals surface area (Å²) in [7, 11) is 1.92. The fourth-order valence-electron chi connectivity index (χ4n) is 2.17. The van der Waals surface area contributed by atoms with Crippen LogP contribution in [0.2, 0.25) is 0 Å². The molecule has 0 saturated heterocycles. The van der Waals surface area contributed by atoms with E-state index in [0.717, 1.165) is 25.3 Å². The second-order valence-corrected chi connectivity index (χ2v) is 4.46. The van der Waals surface area contributed by atoms with Crippen molar-refractivity contribution in [3.05, 3.63) is 47.3 Å². The molecule has 0 unspecified atom stereocenters. The monoisotopic (exact) mass is 228 g/mol. The lowest BCUT2D eigenvalue weighted by atomic mass is 10.1. The number of anilines is 1. The Morgan fingerprint density at radius 1 is 1.35 bits per heavy atom. The molecule has 2 N–H and O–H groups in total. The van der Waals surface area contributed by atoms with Crippen LogP contribution in [0.1, 0.15) is 16.7 Å². The van der Waals surface area contributed by atoms with Crippen LogP contribution in [0.5, 0.6) is 0 Å². The lowest BCUT2D eigenvalue weighted by Crippen LogP contribution is -2.00. The molecular formula is C13H16N4. The van der Waals surface area contributed by atoms with Gasteiger partial charge in [0, 0.05) is 32.9 Å². The standard InChI is InChI=1S/C13H16N4/c1-17-9-13(8-16-17)15-5-10-2-3-11-6-14-7-12(11)4-10/h2-4,8-9,14-15H,5-7H2,1H3. The topological polar surface area (TPSA) is 41.9 Å². The molecule has 0 amide bonds. The molecular weight excluding hydrogens is 212 g/mol. The molecule has 1 aromatic heterocycles. The Hall–Kier alpha value is -1.81. The molecule has 88 valence electrons. The Morgan fingerprint density at radius 3 is 3.06 bits per heavy atom. The maximum absolute atomic E-state index is 4.13. The van der Waals surface area contributed by atoms with E-state index in [1.807, 2.05) is 19.4 Å². The largest absolute Gasteiger partial charge is 0.378 e. The maximum Gasteiger partial charge on any atom is 0.0729 e. The predicted molar refractivity (Wildman–Crippen MR) is 67.5 cm³/mol. The Kier molecular flexibility index (Phi) is 2.57. The molecule has 0 radical (unpaired) electrons. The number of aromatic nitrogens is 2. The highest BCUT2D eigenvalue weighted by atomic mass is 15.3. The number of hydrogen-bond donors (Lipinski definition) is 2. The first-order valence-corrected chi connectivity index (χ1v) is 5.85. The van der Waals surface area contributed by atoms with Crippen LogP contribution in [0.4, 0.5) is 5.69 Å². The minimum Gasteiger partial charge on any atom is -0.378 e.